The molecule has 27 heavy (non-hydrogen) atoms. The predicted octanol–water partition coefficient (Wildman–Crippen LogP) is 2.89. The van der Waals surface area contributed by atoms with Crippen molar-refractivity contribution < 1.29 is 19.0 Å². The molecule has 0 bridgehead atoms. The Balaban J connectivity index is 2.02. The second kappa shape index (κ2) is 10.0. The number of aliphatic hydroxyl groups is 1. The molecular weight excluding hydrogens is 351 g/mol. The number of methoxy groups -OCH3 is 1. The fourth-order valence-electron chi connectivity index (χ4n) is 2.62. The second-order valence-corrected chi connectivity index (χ2v) is 6.78. The normalized spacial score (nSPS) is 12.2. The molecule has 2 N–H and O–H groups in total. The number of urea groups is 1. The maximum absolute atomic E-state index is 13.1. The van der Waals surface area contributed by atoms with Crippen LogP contribution in [0.2, 0.25) is 0 Å². The van der Waals surface area contributed by atoms with Gasteiger partial charge in [-0.3, -0.25) is 4.68 Å². The number of amides is 2. The summed E-state index contributed by atoms with van der Waals surface area (Å²) in [6, 6.07) is 5.30. The zero-order valence-corrected chi connectivity index (χ0v) is 15.9. The summed E-state index contributed by atoms with van der Waals surface area (Å²) >= 11 is 0. The van der Waals surface area contributed by atoms with E-state index in [1.54, 1.807) is 29.1 Å². The first kappa shape index (κ1) is 20.9. The zero-order chi connectivity index (χ0) is 19.8. The summed E-state index contributed by atoms with van der Waals surface area (Å²) in [5.41, 5.74) is 1.13. The molecule has 1 heterocycles. The fourth-order valence-corrected chi connectivity index (χ4v) is 2.62. The summed E-state index contributed by atoms with van der Waals surface area (Å²) < 4.78 is 19.7. The van der Waals surface area contributed by atoms with E-state index in [9.17, 15) is 14.3 Å². The van der Waals surface area contributed by atoms with Crippen LogP contribution in [-0.2, 0) is 11.3 Å². The van der Waals surface area contributed by atoms with Crippen LogP contribution in [0.25, 0.3) is 0 Å². The van der Waals surface area contributed by atoms with Crippen LogP contribution in [-0.4, -0.2) is 52.6 Å². The van der Waals surface area contributed by atoms with Gasteiger partial charge in [0.1, 0.15) is 5.82 Å². The van der Waals surface area contributed by atoms with E-state index in [-0.39, 0.29) is 24.3 Å². The maximum atomic E-state index is 13.1. The van der Waals surface area contributed by atoms with Gasteiger partial charge in [-0.15, -0.1) is 0 Å². The highest BCUT2D eigenvalue weighted by Crippen LogP contribution is 2.17. The molecule has 1 atom stereocenters. The molecule has 1 aromatic carbocycles. The summed E-state index contributed by atoms with van der Waals surface area (Å²) in [7, 11) is 1.61. The van der Waals surface area contributed by atoms with Crippen LogP contribution in [0.5, 0.6) is 0 Å². The molecule has 148 valence electrons. The molecule has 8 heteroatoms. The van der Waals surface area contributed by atoms with Gasteiger partial charge in [0.15, 0.2) is 0 Å². The number of rotatable bonds is 9. The van der Waals surface area contributed by atoms with Crippen molar-refractivity contribution >= 4 is 11.7 Å². The number of aromatic nitrogens is 2. The lowest BCUT2D eigenvalue weighted by Crippen LogP contribution is -2.40. The van der Waals surface area contributed by atoms with Gasteiger partial charge in [0.2, 0.25) is 0 Å². The Morgan fingerprint density at radius 1 is 1.33 bits per heavy atom. The summed E-state index contributed by atoms with van der Waals surface area (Å²) in [5.74, 6) is -0.145. The molecule has 0 spiro atoms. The molecule has 0 saturated carbocycles. The number of hydrogen-bond acceptors (Lipinski definition) is 4. The first-order valence-corrected chi connectivity index (χ1v) is 8.90. The lowest BCUT2D eigenvalue weighted by Gasteiger charge is -2.27. The van der Waals surface area contributed by atoms with E-state index in [2.05, 4.69) is 10.4 Å². The average molecular weight is 378 g/mol. The van der Waals surface area contributed by atoms with Crippen LogP contribution in [0.15, 0.2) is 36.7 Å². The minimum Gasteiger partial charge on any atom is -0.387 e. The van der Waals surface area contributed by atoms with Crippen LogP contribution in [0.4, 0.5) is 14.9 Å². The number of aliphatic hydroxyl groups excluding tert-OH is 1. The first-order valence-electron chi connectivity index (χ1n) is 8.90. The van der Waals surface area contributed by atoms with Gasteiger partial charge in [0, 0.05) is 19.9 Å². The highest BCUT2D eigenvalue weighted by molar-refractivity contribution is 5.89. The van der Waals surface area contributed by atoms with Crippen molar-refractivity contribution in [3.63, 3.8) is 0 Å². The predicted molar refractivity (Wildman–Crippen MR) is 101 cm³/mol. The SMILES string of the molecule is COCCn1cc(NC(=O)N(CC(C)C)C[C@@H](O)c2ccc(F)cc2)cn1. The van der Waals surface area contributed by atoms with Crippen molar-refractivity contribution in [1.82, 2.24) is 14.7 Å². The highest BCUT2D eigenvalue weighted by Gasteiger charge is 2.20. The van der Waals surface area contributed by atoms with Crippen LogP contribution < -0.4 is 5.32 Å². The average Bonchev–Trinajstić information content (AvgIpc) is 3.06. The number of nitrogens with zero attached hydrogens (tertiary/aromatic N) is 3. The number of carbonyl (C=O) groups is 1. The van der Waals surface area contributed by atoms with E-state index in [1.165, 1.54) is 24.3 Å². The van der Waals surface area contributed by atoms with Gasteiger partial charge in [-0.1, -0.05) is 26.0 Å². The van der Waals surface area contributed by atoms with Crippen molar-refractivity contribution in [3.05, 3.63) is 48.0 Å². The number of benzene rings is 1. The molecule has 0 radical (unpaired) electrons. The Morgan fingerprint density at radius 2 is 2.04 bits per heavy atom. The standard InChI is InChI=1S/C19H27FN4O3/c1-14(2)11-23(13-18(25)15-4-6-16(20)7-5-15)19(26)22-17-10-21-24(12-17)8-9-27-3/h4-7,10,12,14,18,25H,8-9,11,13H2,1-3H3,(H,22,26)/t18-/m1/s1. The number of anilines is 1. The molecule has 0 unspecified atom stereocenters. The molecule has 2 amide bonds. The fraction of sp³-hybridized carbons (Fsp3) is 0.474. The van der Waals surface area contributed by atoms with Gasteiger partial charge in [0.05, 0.1) is 37.7 Å². The third-order valence-corrected chi connectivity index (χ3v) is 3.93. The van der Waals surface area contributed by atoms with Gasteiger partial charge >= 0.3 is 6.03 Å². The van der Waals surface area contributed by atoms with Crippen molar-refractivity contribution in [2.24, 2.45) is 5.92 Å². The Bertz CT molecular complexity index is 718. The first-order chi connectivity index (χ1) is 12.9. The molecule has 2 aromatic rings. The number of carbonyl (C=O) groups excluding carboxylic acids is 1. The van der Waals surface area contributed by atoms with Gasteiger partial charge < -0.3 is 20.1 Å². The molecule has 0 aliphatic rings. The Hall–Kier alpha value is -2.45. The minimum atomic E-state index is -0.903. The van der Waals surface area contributed by atoms with Gasteiger partial charge in [0.25, 0.3) is 0 Å². The van der Waals surface area contributed by atoms with Crippen molar-refractivity contribution in [3.8, 4) is 0 Å². The van der Waals surface area contributed by atoms with Crippen LogP contribution in [0, 0.1) is 11.7 Å². The Morgan fingerprint density at radius 3 is 2.67 bits per heavy atom. The quantitative estimate of drug-likeness (QED) is 0.703. The summed E-state index contributed by atoms with van der Waals surface area (Å²) in [6.07, 6.45) is 2.39. The molecule has 2 rings (SSSR count). The van der Waals surface area contributed by atoms with Crippen molar-refractivity contribution in [2.75, 3.05) is 32.1 Å². The van der Waals surface area contributed by atoms with E-state index in [0.717, 1.165) is 0 Å². The summed E-state index contributed by atoms with van der Waals surface area (Å²) in [4.78, 5) is 14.2. The molecule has 0 saturated heterocycles. The third kappa shape index (κ3) is 6.65. The molecule has 7 nitrogen and oxygen atoms in total. The number of hydrogen-bond donors (Lipinski definition) is 2. The molecule has 0 aliphatic carbocycles. The van der Waals surface area contributed by atoms with E-state index in [1.807, 2.05) is 13.8 Å². The smallest absolute Gasteiger partial charge is 0.322 e. The van der Waals surface area contributed by atoms with Gasteiger partial charge in [-0.25, -0.2) is 9.18 Å². The lowest BCUT2D eigenvalue weighted by molar-refractivity contribution is 0.121. The van der Waals surface area contributed by atoms with Gasteiger partial charge in [-0.2, -0.15) is 5.10 Å². The Kier molecular flexibility index (Phi) is 7.75. The zero-order valence-electron chi connectivity index (χ0n) is 15.9. The number of halogens is 1. The molecular formula is C19H27FN4O3. The van der Waals surface area contributed by atoms with Crippen LogP contribution in [0.3, 0.4) is 0 Å². The Labute approximate surface area is 158 Å². The second-order valence-electron chi connectivity index (χ2n) is 6.78. The van der Waals surface area contributed by atoms with E-state index < -0.39 is 6.10 Å². The van der Waals surface area contributed by atoms with E-state index >= 15 is 0 Å². The van der Waals surface area contributed by atoms with Gasteiger partial charge in [-0.05, 0) is 23.6 Å². The monoisotopic (exact) mass is 378 g/mol. The van der Waals surface area contributed by atoms with Crippen molar-refractivity contribution in [2.45, 2.75) is 26.5 Å². The number of ether oxygens (including phenoxy) is 1. The van der Waals surface area contributed by atoms with Crippen molar-refractivity contribution in [1.29, 1.82) is 0 Å². The highest BCUT2D eigenvalue weighted by atomic mass is 19.1. The molecule has 1 aromatic heterocycles. The maximum Gasteiger partial charge on any atom is 0.322 e. The third-order valence-electron chi connectivity index (χ3n) is 3.93. The van der Waals surface area contributed by atoms with Crippen LogP contribution in [0.1, 0.15) is 25.5 Å². The van der Waals surface area contributed by atoms with E-state index in [0.29, 0.717) is 30.9 Å². The molecule has 0 aliphatic heterocycles. The van der Waals surface area contributed by atoms with Crippen LogP contribution >= 0.6 is 0 Å². The minimum absolute atomic E-state index is 0.105. The lowest BCUT2D eigenvalue weighted by atomic mass is 10.1. The molecule has 0 fully saturated rings. The summed E-state index contributed by atoms with van der Waals surface area (Å²) in [5, 5.41) is 17.4. The number of nitrogens with one attached hydrogen (secondary N) is 1. The largest absolute Gasteiger partial charge is 0.387 e. The van der Waals surface area contributed by atoms with E-state index in [4.69, 9.17) is 4.74 Å². The summed E-state index contributed by atoms with van der Waals surface area (Å²) in [6.45, 7) is 5.68. The topological polar surface area (TPSA) is 79.6 Å².